The predicted molar refractivity (Wildman–Crippen MR) is 122 cm³/mol. The molecule has 1 aliphatic heterocycles. The summed E-state index contributed by atoms with van der Waals surface area (Å²) in [4.78, 5) is 30.9. The van der Waals surface area contributed by atoms with Gasteiger partial charge in [0.25, 0.3) is 0 Å². The second-order valence-corrected chi connectivity index (χ2v) is 10.4. The quantitative estimate of drug-likeness (QED) is 0.593. The summed E-state index contributed by atoms with van der Waals surface area (Å²) in [7, 11) is 0. The molecule has 0 saturated carbocycles. The molecule has 1 aromatic heterocycles. The molecule has 0 unspecified atom stereocenters. The molecule has 7 heteroatoms. The number of rotatable bonds is 8. The molecule has 0 saturated heterocycles. The molecule has 0 radical (unpaired) electrons. The normalized spacial score (nSPS) is 12.8. The summed E-state index contributed by atoms with van der Waals surface area (Å²) in [5.41, 5.74) is 0.836. The molecule has 1 aromatic carbocycles. The van der Waals surface area contributed by atoms with Gasteiger partial charge in [0.2, 0.25) is 18.6 Å². The second kappa shape index (κ2) is 9.73. The van der Waals surface area contributed by atoms with Crippen molar-refractivity contribution in [1.82, 2.24) is 9.80 Å². The number of nitrogens with zero attached hydrogens (tertiary/aromatic N) is 2. The number of hydrogen-bond donors (Lipinski definition) is 0. The highest BCUT2D eigenvalue weighted by Gasteiger charge is 2.27. The van der Waals surface area contributed by atoms with Crippen molar-refractivity contribution in [2.75, 3.05) is 13.3 Å². The highest BCUT2D eigenvalue weighted by atomic mass is 32.1. The summed E-state index contributed by atoms with van der Waals surface area (Å²) in [5.74, 6) is 1.36. The molecule has 168 valence electrons. The molecule has 2 heterocycles. The third kappa shape index (κ3) is 6.47. The van der Waals surface area contributed by atoms with E-state index in [1.165, 1.54) is 0 Å². The number of carbonyl (C=O) groups is 2. The Kier molecular flexibility index (Phi) is 7.26. The van der Waals surface area contributed by atoms with E-state index in [1.54, 1.807) is 16.2 Å². The van der Waals surface area contributed by atoms with Crippen molar-refractivity contribution >= 4 is 23.2 Å². The largest absolute Gasteiger partial charge is 0.454 e. The fourth-order valence-electron chi connectivity index (χ4n) is 3.44. The van der Waals surface area contributed by atoms with Crippen molar-refractivity contribution in [3.8, 4) is 11.5 Å². The van der Waals surface area contributed by atoms with Crippen LogP contribution in [0.15, 0.2) is 35.7 Å². The predicted octanol–water partition coefficient (Wildman–Crippen LogP) is 4.68. The maximum atomic E-state index is 13.4. The van der Waals surface area contributed by atoms with Gasteiger partial charge in [0.05, 0.1) is 13.1 Å². The Balaban J connectivity index is 1.77. The maximum absolute atomic E-state index is 13.4. The van der Waals surface area contributed by atoms with Gasteiger partial charge in [0.15, 0.2) is 11.5 Å². The van der Waals surface area contributed by atoms with Crippen molar-refractivity contribution in [3.05, 3.63) is 46.2 Å². The Bertz CT molecular complexity index is 903. The van der Waals surface area contributed by atoms with Crippen LogP contribution in [-0.4, -0.2) is 41.0 Å². The van der Waals surface area contributed by atoms with Crippen LogP contribution < -0.4 is 9.47 Å². The van der Waals surface area contributed by atoms with Crippen LogP contribution in [0.5, 0.6) is 11.5 Å². The van der Waals surface area contributed by atoms with Crippen molar-refractivity contribution < 1.29 is 19.1 Å². The van der Waals surface area contributed by atoms with Gasteiger partial charge in [0, 0.05) is 23.9 Å². The molecule has 0 bridgehead atoms. The smallest absolute Gasteiger partial charge is 0.242 e. The van der Waals surface area contributed by atoms with E-state index in [2.05, 4.69) is 0 Å². The van der Waals surface area contributed by atoms with E-state index < -0.39 is 0 Å². The summed E-state index contributed by atoms with van der Waals surface area (Å²) in [6, 6.07) is 9.70. The summed E-state index contributed by atoms with van der Waals surface area (Å²) >= 11 is 1.62. The van der Waals surface area contributed by atoms with E-state index in [1.807, 2.05) is 75.2 Å². The first-order valence-electron chi connectivity index (χ1n) is 10.6. The van der Waals surface area contributed by atoms with Gasteiger partial charge in [-0.15, -0.1) is 11.3 Å². The molecular formula is C24H32N2O4S. The summed E-state index contributed by atoms with van der Waals surface area (Å²) in [6.07, 6.45) is 0.408. The average molecular weight is 445 g/mol. The third-order valence-electron chi connectivity index (χ3n) is 5.02. The van der Waals surface area contributed by atoms with E-state index in [0.29, 0.717) is 25.3 Å². The van der Waals surface area contributed by atoms with Crippen LogP contribution in [0, 0.1) is 5.41 Å². The van der Waals surface area contributed by atoms with Gasteiger partial charge >= 0.3 is 0 Å². The molecule has 1 aliphatic rings. The minimum Gasteiger partial charge on any atom is -0.454 e. The van der Waals surface area contributed by atoms with Crippen molar-refractivity contribution in [2.24, 2.45) is 5.41 Å². The number of fused-ring (bicyclic) bond motifs is 1. The first-order chi connectivity index (χ1) is 14.6. The fourth-order valence-corrected chi connectivity index (χ4v) is 4.16. The molecule has 31 heavy (non-hydrogen) atoms. The van der Waals surface area contributed by atoms with Gasteiger partial charge < -0.3 is 19.3 Å². The van der Waals surface area contributed by atoms with E-state index >= 15 is 0 Å². The molecule has 0 aliphatic carbocycles. The average Bonchev–Trinajstić information content (AvgIpc) is 3.34. The van der Waals surface area contributed by atoms with Gasteiger partial charge in [-0.25, -0.2) is 0 Å². The Morgan fingerprint density at radius 3 is 2.45 bits per heavy atom. The minimum absolute atomic E-state index is 0.00926. The topological polar surface area (TPSA) is 59.1 Å². The number of amides is 2. The highest BCUT2D eigenvalue weighted by molar-refractivity contribution is 7.09. The van der Waals surface area contributed by atoms with Gasteiger partial charge in [-0.2, -0.15) is 0 Å². The molecule has 0 atom stereocenters. The van der Waals surface area contributed by atoms with Gasteiger partial charge in [-0.3, -0.25) is 9.59 Å². The zero-order valence-electron chi connectivity index (χ0n) is 19.0. The SMILES string of the molecule is CC(C)N(CC(=O)N(Cc1ccc2c(c1)OCO2)Cc1cccs1)C(=O)CC(C)(C)C. The molecule has 2 aromatic rings. The lowest BCUT2D eigenvalue weighted by atomic mass is 9.91. The monoisotopic (exact) mass is 444 g/mol. The Labute approximate surface area is 188 Å². The van der Waals surface area contributed by atoms with Gasteiger partial charge in [0.1, 0.15) is 0 Å². The van der Waals surface area contributed by atoms with Crippen LogP contribution in [0.2, 0.25) is 0 Å². The maximum Gasteiger partial charge on any atom is 0.242 e. The first kappa shape index (κ1) is 23.1. The molecule has 0 fully saturated rings. The third-order valence-corrected chi connectivity index (χ3v) is 5.88. The number of benzene rings is 1. The molecule has 2 amide bonds. The van der Waals surface area contributed by atoms with Crippen LogP contribution in [0.4, 0.5) is 0 Å². The van der Waals surface area contributed by atoms with E-state index in [-0.39, 0.29) is 36.6 Å². The number of ether oxygens (including phenoxy) is 2. The van der Waals surface area contributed by atoms with E-state index in [9.17, 15) is 9.59 Å². The van der Waals surface area contributed by atoms with Gasteiger partial charge in [-0.1, -0.05) is 32.9 Å². The standard InChI is InChI=1S/C24H32N2O4S/c1-17(2)26(22(27)12-24(3,4)5)15-23(28)25(14-19-7-6-10-31-19)13-18-8-9-20-21(11-18)30-16-29-20/h6-11,17H,12-16H2,1-5H3. The number of hydrogen-bond acceptors (Lipinski definition) is 5. The van der Waals surface area contributed by atoms with Crippen LogP contribution in [0.3, 0.4) is 0 Å². The summed E-state index contributed by atoms with van der Waals surface area (Å²) < 4.78 is 10.9. The van der Waals surface area contributed by atoms with Crippen molar-refractivity contribution in [3.63, 3.8) is 0 Å². The Morgan fingerprint density at radius 1 is 1.06 bits per heavy atom. The summed E-state index contributed by atoms with van der Waals surface area (Å²) in [6.45, 7) is 11.2. The molecule has 0 spiro atoms. The lowest BCUT2D eigenvalue weighted by Gasteiger charge is -2.32. The first-order valence-corrected chi connectivity index (χ1v) is 11.5. The molecule has 0 N–H and O–H groups in total. The molecular weight excluding hydrogens is 412 g/mol. The van der Waals surface area contributed by atoms with Crippen LogP contribution in [0.1, 0.15) is 51.5 Å². The van der Waals surface area contributed by atoms with Crippen LogP contribution in [-0.2, 0) is 22.7 Å². The zero-order valence-corrected chi connectivity index (χ0v) is 19.8. The van der Waals surface area contributed by atoms with Crippen LogP contribution in [0.25, 0.3) is 0 Å². The highest BCUT2D eigenvalue weighted by Crippen LogP contribution is 2.33. The fraction of sp³-hybridized carbons (Fsp3) is 0.500. The van der Waals surface area contributed by atoms with E-state index in [4.69, 9.17) is 9.47 Å². The second-order valence-electron chi connectivity index (χ2n) is 9.37. The minimum atomic E-state index is -0.129. The lowest BCUT2D eigenvalue weighted by Crippen LogP contribution is -2.46. The lowest BCUT2D eigenvalue weighted by molar-refractivity contribution is -0.143. The Morgan fingerprint density at radius 2 is 1.81 bits per heavy atom. The molecule has 6 nitrogen and oxygen atoms in total. The van der Waals surface area contributed by atoms with E-state index in [0.717, 1.165) is 16.2 Å². The van der Waals surface area contributed by atoms with Crippen molar-refractivity contribution in [1.29, 1.82) is 0 Å². The Hall–Kier alpha value is -2.54. The number of thiophene rings is 1. The van der Waals surface area contributed by atoms with Crippen molar-refractivity contribution in [2.45, 2.75) is 60.2 Å². The zero-order chi connectivity index (χ0) is 22.6. The van der Waals surface area contributed by atoms with Crippen LogP contribution >= 0.6 is 11.3 Å². The van der Waals surface area contributed by atoms with Gasteiger partial charge in [-0.05, 0) is 48.4 Å². The number of carbonyl (C=O) groups excluding carboxylic acids is 2. The molecule has 3 rings (SSSR count). The summed E-state index contributed by atoms with van der Waals surface area (Å²) in [5, 5.41) is 2.01.